The Morgan fingerprint density at radius 2 is 1.78 bits per heavy atom. The number of carbonyl (C=O) groups is 1. The van der Waals surface area contributed by atoms with Crippen LogP contribution in [0.3, 0.4) is 0 Å². The molecule has 3 fully saturated rings. The van der Waals surface area contributed by atoms with Crippen molar-refractivity contribution in [2.24, 2.45) is 0 Å². The van der Waals surface area contributed by atoms with Gasteiger partial charge < -0.3 is 19.1 Å². The monoisotopic (exact) mass is 255 g/mol. The molecule has 0 aromatic rings. The molecule has 1 atom stereocenters. The van der Waals surface area contributed by atoms with Crippen LogP contribution in [-0.2, 0) is 19.0 Å². The number of hydrogen-bond acceptors (Lipinski definition) is 4. The van der Waals surface area contributed by atoms with Crippen molar-refractivity contribution in [1.29, 1.82) is 0 Å². The van der Waals surface area contributed by atoms with Gasteiger partial charge in [-0.05, 0) is 19.3 Å². The predicted octanol–water partition coefficient (Wildman–Crippen LogP) is 0.921. The van der Waals surface area contributed by atoms with Gasteiger partial charge in [-0.25, -0.2) is 0 Å². The molecule has 1 amide bonds. The fourth-order valence-corrected chi connectivity index (χ4v) is 2.99. The van der Waals surface area contributed by atoms with Gasteiger partial charge in [0, 0.05) is 32.5 Å². The van der Waals surface area contributed by atoms with Gasteiger partial charge in [0.1, 0.15) is 6.10 Å². The van der Waals surface area contributed by atoms with Crippen molar-refractivity contribution < 1.29 is 19.0 Å². The summed E-state index contributed by atoms with van der Waals surface area (Å²) in [6, 6.07) is 0. The zero-order valence-corrected chi connectivity index (χ0v) is 10.7. The van der Waals surface area contributed by atoms with Gasteiger partial charge in [0.25, 0.3) is 5.91 Å². The maximum Gasteiger partial charge on any atom is 0.251 e. The van der Waals surface area contributed by atoms with E-state index in [0.717, 1.165) is 51.8 Å². The highest BCUT2D eigenvalue weighted by Crippen LogP contribution is 2.31. The van der Waals surface area contributed by atoms with E-state index >= 15 is 0 Å². The van der Waals surface area contributed by atoms with E-state index in [9.17, 15) is 4.79 Å². The molecule has 1 spiro atoms. The molecule has 0 aromatic heterocycles. The summed E-state index contributed by atoms with van der Waals surface area (Å²) in [7, 11) is 0. The van der Waals surface area contributed by atoms with E-state index in [4.69, 9.17) is 14.2 Å². The minimum absolute atomic E-state index is 0.155. The summed E-state index contributed by atoms with van der Waals surface area (Å²) in [4.78, 5) is 14.2. The summed E-state index contributed by atoms with van der Waals surface area (Å²) in [5.41, 5.74) is 0. The van der Waals surface area contributed by atoms with Crippen LogP contribution in [0.1, 0.15) is 32.1 Å². The molecule has 0 bridgehead atoms. The molecular weight excluding hydrogens is 234 g/mol. The SMILES string of the molecule is O=C(C1CCCCO1)N1CCC2(CC1)OCCO2. The molecule has 3 aliphatic heterocycles. The topological polar surface area (TPSA) is 48.0 Å². The van der Waals surface area contributed by atoms with Crippen molar-refractivity contribution in [3.8, 4) is 0 Å². The fraction of sp³-hybridized carbons (Fsp3) is 0.923. The van der Waals surface area contributed by atoms with Gasteiger partial charge in [0.2, 0.25) is 0 Å². The quantitative estimate of drug-likeness (QED) is 0.699. The van der Waals surface area contributed by atoms with E-state index < -0.39 is 5.79 Å². The number of nitrogens with zero attached hydrogens (tertiary/aromatic N) is 1. The van der Waals surface area contributed by atoms with Crippen molar-refractivity contribution in [3.63, 3.8) is 0 Å². The molecular formula is C13H21NO4. The van der Waals surface area contributed by atoms with Crippen molar-refractivity contribution in [2.45, 2.75) is 44.0 Å². The summed E-state index contributed by atoms with van der Waals surface area (Å²) < 4.78 is 16.9. The minimum Gasteiger partial charge on any atom is -0.368 e. The number of amides is 1. The predicted molar refractivity (Wildman–Crippen MR) is 64.0 cm³/mol. The largest absolute Gasteiger partial charge is 0.368 e. The fourth-order valence-electron chi connectivity index (χ4n) is 2.99. The number of likely N-dealkylation sites (tertiary alicyclic amines) is 1. The van der Waals surface area contributed by atoms with Gasteiger partial charge in [-0.15, -0.1) is 0 Å². The van der Waals surface area contributed by atoms with Gasteiger partial charge >= 0.3 is 0 Å². The highest BCUT2D eigenvalue weighted by Gasteiger charge is 2.41. The lowest BCUT2D eigenvalue weighted by Gasteiger charge is -2.39. The van der Waals surface area contributed by atoms with Gasteiger partial charge in [0.15, 0.2) is 5.79 Å². The zero-order valence-electron chi connectivity index (χ0n) is 10.7. The molecule has 0 aliphatic carbocycles. The van der Waals surface area contributed by atoms with Crippen molar-refractivity contribution in [3.05, 3.63) is 0 Å². The molecule has 0 saturated carbocycles. The standard InChI is InChI=1S/C13H21NO4/c15-12(11-3-1-2-8-16-11)14-6-4-13(5-7-14)17-9-10-18-13/h11H,1-10H2. The molecule has 3 heterocycles. The number of rotatable bonds is 1. The molecule has 3 aliphatic rings. The van der Waals surface area contributed by atoms with Crippen LogP contribution in [-0.4, -0.2) is 55.6 Å². The Balaban J connectivity index is 1.53. The van der Waals surface area contributed by atoms with Crippen LogP contribution in [0.4, 0.5) is 0 Å². The number of carbonyl (C=O) groups excluding carboxylic acids is 1. The normalized spacial score (nSPS) is 31.8. The molecule has 18 heavy (non-hydrogen) atoms. The minimum atomic E-state index is -0.399. The molecule has 0 radical (unpaired) electrons. The Labute approximate surface area is 107 Å². The highest BCUT2D eigenvalue weighted by molar-refractivity contribution is 5.81. The summed E-state index contributed by atoms with van der Waals surface area (Å²) in [5.74, 6) is -0.243. The van der Waals surface area contributed by atoms with E-state index in [1.165, 1.54) is 0 Å². The molecule has 0 aromatic carbocycles. The first kappa shape index (κ1) is 12.4. The Morgan fingerprint density at radius 1 is 1.06 bits per heavy atom. The third kappa shape index (κ3) is 2.39. The molecule has 0 N–H and O–H groups in total. The number of hydrogen-bond donors (Lipinski definition) is 0. The Hall–Kier alpha value is -0.650. The second-order valence-electron chi connectivity index (χ2n) is 5.29. The van der Waals surface area contributed by atoms with E-state index in [0.29, 0.717) is 13.2 Å². The molecule has 5 nitrogen and oxygen atoms in total. The zero-order chi connectivity index (χ0) is 12.4. The second-order valence-corrected chi connectivity index (χ2v) is 5.29. The lowest BCUT2D eigenvalue weighted by atomic mass is 10.0. The van der Waals surface area contributed by atoms with Crippen LogP contribution in [0.15, 0.2) is 0 Å². The van der Waals surface area contributed by atoms with Gasteiger partial charge in [-0.2, -0.15) is 0 Å². The average Bonchev–Trinajstić information content (AvgIpc) is 2.88. The Bertz CT molecular complexity index is 298. The van der Waals surface area contributed by atoms with E-state index in [1.807, 2.05) is 4.90 Å². The first-order valence-corrected chi connectivity index (χ1v) is 6.97. The molecule has 3 rings (SSSR count). The first-order chi connectivity index (χ1) is 8.79. The first-order valence-electron chi connectivity index (χ1n) is 6.97. The molecule has 102 valence electrons. The van der Waals surface area contributed by atoms with E-state index in [2.05, 4.69) is 0 Å². The van der Waals surface area contributed by atoms with Crippen LogP contribution < -0.4 is 0 Å². The van der Waals surface area contributed by atoms with Gasteiger partial charge in [-0.1, -0.05) is 0 Å². The molecule has 3 saturated heterocycles. The maximum absolute atomic E-state index is 12.3. The summed E-state index contributed by atoms with van der Waals surface area (Å²) in [5, 5.41) is 0. The smallest absolute Gasteiger partial charge is 0.251 e. The number of piperidine rings is 1. The van der Waals surface area contributed by atoms with Crippen molar-refractivity contribution in [1.82, 2.24) is 4.90 Å². The maximum atomic E-state index is 12.3. The molecule has 5 heteroatoms. The van der Waals surface area contributed by atoms with Crippen molar-refractivity contribution in [2.75, 3.05) is 32.9 Å². The van der Waals surface area contributed by atoms with E-state index in [-0.39, 0.29) is 12.0 Å². The molecule has 1 unspecified atom stereocenters. The van der Waals surface area contributed by atoms with Crippen molar-refractivity contribution >= 4 is 5.91 Å². The second kappa shape index (κ2) is 5.15. The van der Waals surface area contributed by atoms with Crippen LogP contribution in [0.2, 0.25) is 0 Å². The third-order valence-corrected chi connectivity index (χ3v) is 4.11. The van der Waals surface area contributed by atoms with Gasteiger partial charge in [-0.3, -0.25) is 4.79 Å². The lowest BCUT2D eigenvalue weighted by molar-refractivity contribution is -0.190. The Morgan fingerprint density at radius 3 is 2.39 bits per heavy atom. The summed E-state index contributed by atoms with van der Waals surface area (Å²) in [6.45, 7) is 3.52. The van der Waals surface area contributed by atoms with Crippen LogP contribution in [0, 0.1) is 0 Å². The van der Waals surface area contributed by atoms with E-state index in [1.54, 1.807) is 0 Å². The summed E-state index contributed by atoms with van der Waals surface area (Å²) >= 11 is 0. The van der Waals surface area contributed by atoms with Gasteiger partial charge in [0.05, 0.1) is 13.2 Å². The Kier molecular flexibility index (Phi) is 3.54. The van der Waals surface area contributed by atoms with Crippen LogP contribution in [0.25, 0.3) is 0 Å². The summed E-state index contributed by atoms with van der Waals surface area (Å²) in [6.07, 6.45) is 4.40. The third-order valence-electron chi connectivity index (χ3n) is 4.11. The van der Waals surface area contributed by atoms with Crippen LogP contribution >= 0.6 is 0 Å². The average molecular weight is 255 g/mol. The van der Waals surface area contributed by atoms with Crippen LogP contribution in [0.5, 0.6) is 0 Å². The lowest BCUT2D eigenvalue weighted by Crippen LogP contribution is -2.50. The number of ether oxygens (including phenoxy) is 3. The highest BCUT2D eigenvalue weighted by atomic mass is 16.7.